The molecule has 0 aliphatic heterocycles. The van der Waals surface area contributed by atoms with Crippen molar-refractivity contribution in [1.82, 2.24) is 19.8 Å². The van der Waals surface area contributed by atoms with Crippen molar-refractivity contribution in [3.8, 4) is 0 Å². The molecule has 0 saturated carbocycles. The van der Waals surface area contributed by atoms with Crippen LogP contribution in [-0.2, 0) is 0 Å². The van der Waals surface area contributed by atoms with Gasteiger partial charge in [0.15, 0.2) is 10.2 Å². The van der Waals surface area contributed by atoms with Crippen molar-refractivity contribution in [3.05, 3.63) is 47.8 Å². The Balaban J connectivity index is 1.66. The first kappa shape index (κ1) is 16.2. The molecule has 120 valence electrons. The van der Waals surface area contributed by atoms with Gasteiger partial charge in [-0.25, -0.2) is 0 Å². The summed E-state index contributed by atoms with van der Waals surface area (Å²) in [6.07, 6.45) is 4.26. The van der Waals surface area contributed by atoms with Crippen molar-refractivity contribution in [1.29, 1.82) is 0 Å². The molecular weight excluding hydrogens is 326 g/mol. The second kappa shape index (κ2) is 7.25. The van der Waals surface area contributed by atoms with Crippen LogP contribution in [-0.4, -0.2) is 25.6 Å². The van der Waals surface area contributed by atoms with Gasteiger partial charge in [-0.05, 0) is 11.5 Å². The zero-order valence-corrected chi connectivity index (χ0v) is 14.7. The first-order chi connectivity index (χ1) is 11.1. The van der Waals surface area contributed by atoms with E-state index in [4.69, 9.17) is 5.73 Å². The van der Waals surface area contributed by atoms with Crippen molar-refractivity contribution in [2.75, 3.05) is 5.75 Å². The molecule has 3 aromatic rings. The highest BCUT2D eigenvalue weighted by atomic mass is 32.2. The summed E-state index contributed by atoms with van der Waals surface area (Å²) in [5.41, 5.74) is 7.37. The topological polar surface area (TPSA) is 69.1 Å². The highest BCUT2D eigenvalue weighted by Crippen LogP contribution is 2.27. The van der Waals surface area contributed by atoms with Gasteiger partial charge in [0.2, 0.25) is 4.96 Å². The monoisotopic (exact) mass is 345 g/mol. The minimum absolute atomic E-state index is 0.150. The summed E-state index contributed by atoms with van der Waals surface area (Å²) in [6.45, 7) is 4.14. The summed E-state index contributed by atoms with van der Waals surface area (Å²) in [7, 11) is 0. The SMILES string of the molecule is CC(C)C(N)c1nnc2sc(SCC=Cc3ccccc3)nn12. The maximum Gasteiger partial charge on any atom is 0.235 e. The number of nitrogens with two attached hydrogens (primary N) is 1. The van der Waals surface area contributed by atoms with E-state index >= 15 is 0 Å². The van der Waals surface area contributed by atoms with E-state index in [1.165, 1.54) is 5.56 Å². The van der Waals surface area contributed by atoms with Crippen molar-refractivity contribution < 1.29 is 0 Å². The van der Waals surface area contributed by atoms with E-state index in [1.54, 1.807) is 27.6 Å². The molecular formula is C16H19N5S2. The molecule has 1 unspecified atom stereocenters. The van der Waals surface area contributed by atoms with Gasteiger partial charge in [0.1, 0.15) is 0 Å². The van der Waals surface area contributed by atoms with Gasteiger partial charge >= 0.3 is 0 Å². The maximum atomic E-state index is 6.17. The molecule has 2 heterocycles. The standard InChI is InChI=1S/C16H19N5S2/c1-11(2)13(17)14-18-19-15-21(14)20-16(23-15)22-10-6-9-12-7-4-3-5-8-12/h3-9,11,13H,10,17H2,1-2H3. The van der Waals surface area contributed by atoms with Gasteiger partial charge in [0.25, 0.3) is 0 Å². The number of fused-ring (bicyclic) bond motifs is 1. The third-order valence-electron chi connectivity index (χ3n) is 3.43. The van der Waals surface area contributed by atoms with Gasteiger partial charge < -0.3 is 5.73 Å². The second-order valence-electron chi connectivity index (χ2n) is 5.51. The lowest BCUT2D eigenvalue weighted by atomic mass is 10.1. The summed E-state index contributed by atoms with van der Waals surface area (Å²) in [5, 5.41) is 12.9. The van der Waals surface area contributed by atoms with E-state index in [2.05, 4.69) is 53.4 Å². The molecule has 23 heavy (non-hydrogen) atoms. The van der Waals surface area contributed by atoms with Gasteiger partial charge in [0.05, 0.1) is 6.04 Å². The van der Waals surface area contributed by atoms with Crippen LogP contribution in [0.1, 0.15) is 31.3 Å². The average Bonchev–Trinajstić information content (AvgIpc) is 3.12. The van der Waals surface area contributed by atoms with E-state index < -0.39 is 0 Å². The minimum atomic E-state index is -0.150. The van der Waals surface area contributed by atoms with E-state index in [9.17, 15) is 0 Å². The van der Waals surface area contributed by atoms with E-state index in [0.29, 0.717) is 5.92 Å². The Morgan fingerprint density at radius 3 is 2.78 bits per heavy atom. The highest BCUT2D eigenvalue weighted by molar-refractivity contribution is 8.01. The summed E-state index contributed by atoms with van der Waals surface area (Å²) in [6, 6.07) is 10.1. The van der Waals surface area contributed by atoms with Crippen LogP contribution in [0.15, 0.2) is 40.7 Å². The molecule has 0 fully saturated rings. The maximum absolute atomic E-state index is 6.17. The average molecular weight is 345 g/mol. The van der Waals surface area contributed by atoms with Crippen LogP contribution in [0.5, 0.6) is 0 Å². The smallest absolute Gasteiger partial charge is 0.235 e. The Labute approximate surface area is 143 Å². The van der Waals surface area contributed by atoms with Crippen LogP contribution in [0.25, 0.3) is 11.0 Å². The van der Waals surface area contributed by atoms with Crippen molar-refractivity contribution in [2.45, 2.75) is 24.2 Å². The highest BCUT2D eigenvalue weighted by Gasteiger charge is 2.20. The Hall–Kier alpha value is -1.70. The van der Waals surface area contributed by atoms with Crippen LogP contribution < -0.4 is 5.73 Å². The predicted octanol–water partition coefficient (Wildman–Crippen LogP) is 3.65. The van der Waals surface area contributed by atoms with Crippen LogP contribution in [0.3, 0.4) is 0 Å². The molecule has 0 aliphatic carbocycles. The second-order valence-corrected chi connectivity index (χ2v) is 7.74. The Morgan fingerprint density at radius 1 is 1.26 bits per heavy atom. The fourth-order valence-electron chi connectivity index (χ4n) is 2.05. The van der Waals surface area contributed by atoms with E-state index in [-0.39, 0.29) is 6.04 Å². The number of rotatable bonds is 6. The molecule has 5 nitrogen and oxygen atoms in total. The molecule has 0 bridgehead atoms. The summed E-state index contributed by atoms with van der Waals surface area (Å²) in [5.74, 6) is 1.90. The lowest BCUT2D eigenvalue weighted by molar-refractivity contribution is 0.479. The molecule has 0 amide bonds. The van der Waals surface area contributed by atoms with E-state index in [1.807, 2.05) is 18.2 Å². The number of benzene rings is 1. The minimum Gasteiger partial charge on any atom is -0.321 e. The number of nitrogens with zero attached hydrogens (tertiary/aromatic N) is 4. The van der Waals surface area contributed by atoms with Crippen LogP contribution in [0.2, 0.25) is 0 Å². The van der Waals surface area contributed by atoms with Crippen LogP contribution >= 0.6 is 23.1 Å². The van der Waals surface area contributed by atoms with Crippen molar-refractivity contribution >= 4 is 34.1 Å². The molecule has 1 aromatic carbocycles. The molecule has 0 saturated heterocycles. The lowest BCUT2D eigenvalue weighted by Crippen LogP contribution is -2.20. The predicted molar refractivity (Wildman–Crippen MR) is 96.6 cm³/mol. The van der Waals surface area contributed by atoms with Crippen LogP contribution in [0.4, 0.5) is 0 Å². The number of thioether (sulfide) groups is 1. The molecule has 0 radical (unpaired) electrons. The number of hydrogen-bond acceptors (Lipinski definition) is 6. The third-order valence-corrected chi connectivity index (χ3v) is 5.41. The molecule has 7 heteroatoms. The summed E-state index contributed by atoms with van der Waals surface area (Å²) < 4.78 is 2.75. The van der Waals surface area contributed by atoms with Crippen molar-refractivity contribution in [3.63, 3.8) is 0 Å². The van der Waals surface area contributed by atoms with Gasteiger partial charge in [-0.2, -0.15) is 4.52 Å². The number of aromatic nitrogens is 4. The Morgan fingerprint density at radius 2 is 2.04 bits per heavy atom. The zero-order chi connectivity index (χ0) is 16.2. The quantitative estimate of drug-likeness (QED) is 0.691. The first-order valence-corrected chi connectivity index (χ1v) is 9.27. The molecule has 0 spiro atoms. The molecule has 3 rings (SSSR count). The summed E-state index contributed by atoms with van der Waals surface area (Å²) in [4.78, 5) is 0.797. The van der Waals surface area contributed by atoms with E-state index in [0.717, 1.165) is 20.9 Å². The fraction of sp³-hybridized carbons (Fsp3) is 0.312. The Bertz CT molecular complexity index is 791. The molecule has 0 aliphatic rings. The third kappa shape index (κ3) is 3.80. The Kier molecular flexibility index (Phi) is 5.09. The molecule has 2 aromatic heterocycles. The van der Waals surface area contributed by atoms with Gasteiger partial charge in [-0.1, -0.05) is 79.4 Å². The fourth-order valence-corrected chi connectivity index (χ4v) is 3.77. The number of hydrogen-bond donors (Lipinski definition) is 1. The lowest BCUT2D eigenvalue weighted by Gasteiger charge is -2.11. The van der Waals surface area contributed by atoms with Gasteiger partial charge in [-0.3, -0.25) is 0 Å². The first-order valence-electron chi connectivity index (χ1n) is 7.47. The molecule has 1 atom stereocenters. The largest absolute Gasteiger partial charge is 0.321 e. The van der Waals surface area contributed by atoms with Crippen LogP contribution in [0, 0.1) is 5.92 Å². The zero-order valence-electron chi connectivity index (χ0n) is 13.1. The molecule has 2 N–H and O–H groups in total. The summed E-state index contributed by atoms with van der Waals surface area (Å²) >= 11 is 3.24. The normalized spacial score (nSPS) is 13.4. The van der Waals surface area contributed by atoms with Gasteiger partial charge in [-0.15, -0.1) is 15.3 Å². The van der Waals surface area contributed by atoms with Gasteiger partial charge in [0, 0.05) is 5.75 Å². The van der Waals surface area contributed by atoms with Crippen molar-refractivity contribution in [2.24, 2.45) is 11.7 Å².